The number of carbonyl (C=O) groups is 2. The average Bonchev–Trinajstić information content (AvgIpc) is 2.77. The molecule has 27 heavy (non-hydrogen) atoms. The minimum atomic E-state index is -1.04. The minimum absolute atomic E-state index is 0.291. The summed E-state index contributed by atoms with van der Waals surface area (Å²) in [5.41, 5.74) is 2.15. The molecule has 1 aliphatic rings. The molecule has 1 aliphatic heterocycles. The van der Waals surface area contributed by atoms with Gasteiger partial charge in [0.05, 0.1) is 31.1 Å². The number of carboxylic acid groups (broad SMARTS) is 1. The maximum atomic E-state index is 12.6. The first-order chi connectivity index (χ1) is 12.9. The maximum absolute atomic E-state index is 12.6. The van der Waals surface area contributed by atoms with E-state index >= 15 is 0 Å². The third kappa shape index (κ3) is 3.99. The summed E-state index contributed by atoms with van der Waals surface area (Å²) in [5.74, 6) is -0.303. The van der Waals surface area contributed by atoms with Gasteiger partial charge >= 0.3 is 5.97 Å². The van der Waals surface area contributed by atoms with Crippen LogP contribution in [0, 0.1) is 0 Å². The van der Waals surface area contributed by atoms with Gasteiger partial charge in [-0.1, -0.05) is 23.7 Å². The highest BCUT2D eigenvalue weighted by Gasteiger charge is 2.34. The van der Waals surface area contributed by atoms with E-state index in [-0.39, 0.29) is 17.6 Å². The molecule has 0 saturated carbocycles. The lowest BCUT2D eigenvalue weighted by molar-refractivity contribution is -0.138. The Bertz CT molecular complexity index is 888. The van der Waals surface area contributed by atoms with Gasteiger partial charge in [0.25, 0.3) is 0 Å². The largest absolute Gasteiger partial charge is 0.493 e. The van der Waals surface area contributed by atoms with Gasteiger partial charge in [-0.05, 0) is 29.8 Å². The summed E-state index contributed by atoms with van der Waals surface area (Å²) >= 11 is 7.45. The van der Waals surface area contributed by atoms with Crippen molar-refractivity contribution in [2.24, 2.45) is 0 Å². The summed E-state index contributed by atoms with van der Waals surface area (Å²) in [7, 11) is 3.09. The molecule has 6 nitrogen and oxygen atoms in total. The smallest absolute Gasteiger partial charge is 0.305 e. The van der Waals surface area contributed by atoms with Gasteiger partial charge in [0.15, 0.2) is 11.5 Å². The molecule has 2 aromatic rings. The number of para-hydroxylation sites is 1. The third-order valence-corrected chi connectivity index (χ3v) is 5.95. The van der Waals surface area contributed by atoms with Crippen molar-refractivity contribution in [3.63, 3.8) is 0 Å². The number of aliphatic carboxylic acids is 1. The second-order valence-electron chi connectivity index (χ2n) is 5.91. The van der Waals surface area contributed by atoms with Crippen molar-refractivity contribution in [1.82, 2.24) is 0 Å². The molecule has 0 fully saturated rings. The quantitative estimate of drug-likeness (QED) is 0.779. The van der Waals surface area contributed by atoms with Crippen molar-refractivity contribution < 1.29 is 24.2 Å². The van der Waals surface area contributed by atoms with Crippen molar-refractivity contribution in [1.29, 1.82) is 0 Å². The zero-order chi connectivity index (χ0) is 19.6. The normalized spacial score (nSPS) is 18.9. The highest BCUT2D eigenvalue weighted by atomic mass is 35.5. The molecular weight excluding hydrogens is 390 g/mol. The fourth-order valence-electron chi connectivity index (χ4n) is 3.04. The molecule has 0 unspecified atom stereocenters. The number of carboxylic acids is 1. The summed E-state index contributed by atoms with van der Waals surface area (Å²) in [6, 6.07) is 10.7. The number of hydrogen-bond acceptors (Lipinski definition) is 5. The highest BCUT2D eigenvalue weighted by Crippen LogP contribution is 2.49. The molecule has 0 aliphatic carbocycles. The van der Waals surface area contributed by atoms with Crippen LogP contribution in [0.5, 0.6) is 11.5 Å². The summed E-state index contributed by atoms with van der Waals surface area (Å²) < 4.78 is 10.9. The van der Waals surface area contributed by atoms with Crippen LogP contribution in [-0.2, 0) is 9.59 Å². The van der Waals surface area contributed by atoms with E-state index in [4.69, 9.17) is 21.1 Å². The lowest BCUT2D eigenvalue weighted by Gasteiger charge is -2.22. The molecule has 2 atom stereocenters. The van der Waals surface area contributed by atoms with Crippen molar-refractivity contribution in [2.45, 2.75) is 16.9 Å². The monoisotopic (exact) mass is 407 g/mol. The fourth-order valence-corrected chi connectivity index (χ4v) is 4.64. The van der Waals surface area contributed by atoms with Gasteiger partial charge in [0, 0.05) is 16.3 Å². The van der Waals surface area contributed by atoms with E-state index in [9.17, 15) is 14.7 Å². The molecule has 0 aromatic heterocycles. The number of rotatable bonds is 5. The van der Waals surface area contributed by atoms with E-state index in [1.165, 1.54) is 11.8 Å². The van der Waals surface area contributed by atoms with Gasteiger partial charge in [-0.25, -0.2) is 0 Å². The number of fused-ring (bicyclic) bond motifs is 1. The Balaban J connectivity index is 2.18. The molecule has 0 saturated heterocycles. The van der Waals surface area contributed by atoms with Gasteiger partial charge < -0.3 is 19.9 Å². The van der Waals surface area contributed by atoms with Crippen LogP contribution < -0.4 is 14.8 Å². The number of methoxy groups -OCH3 is 2. The van der Waals surface area contributed by atoms with Crippen LogP contribution in [0.25, 0.3) is 0 Å². The molecule has 0 radical (unpaired) electrons. The summed E-state index contributed by atoms with van der Waals surface area (Å²) in [5, 5.41) is 11.4. The van der Waals surface area contributed by atoms with Crippen LogP contribution in [-0.4, -0.2) is 36.5 Å². The topological polar surface area (TPSA) is 84.9 Å². The Hall–Kier alpha value is -2.38. The molecular formula is C19H18ClNO5S. The maximum Gasteiger partial charge on any atom is 0.305 e. The Morgan fingerprint density at radius 3 is 2.67 bits per heavy atom. The van der Waals surface area contributed by atoms with Crippen LogP contribution >= 0.6 is 23.4 Å². The van der Waals surface area contributed by atoms with Gasteiger partial charge in [0.2, 0.25) is 5.91 Å². The zero-order valence-corrected chi connectivity index (χ0v) is 16.3. The summed E-state index contributed by atoms with van der Waals surface area (Å²) in [6.07, 6.45) is -0.291. The standard InChI is InChI=1S/C19H18ClNO5S/c1-25-14-5-3-4-11(17(14)26-2)18-12-8-10(20)6-7-13(12)21-19(24)15(27-18)9-16(22)23/h3-8,15,18H,9H2,1-2H3,(H,21,24)(H,22,23)/t15-,18-/m0/s1. The first-order valence-electron chi connectivity index (χ1n) is 8.13. The number of benzene rings is 2. The summed E-state index contributed by atoms with van der Waals surface area (Å²) in [4.78, 5) is 23.8. The Morgan fingerprint density at radius 2 is 2.00 bits per heavy atom. The molecule has 142 valence electrons. The van der Waals surface area contributed by atoms with E-state index in [2.05, 4.69) is 5.32 Å². The summed E-state index contributed by atoms with van der Waals surface area (Å²) in [6.45, 7) is 0. The number of halogens is 1. The minimum Gasteiger partial charge on any atom is -0.493 e. The molecule has 0 spiro atoms. The van der Waals surface area contributed by atoms with Crippen LogP contribution in [0.15, 0.2) is 36.4 Å². The number of anilines is 1. The van der Waals surface area contributed by atoms with Gasteiger partial charge in [-0.2, -0.15) is 0 Å². The average molecular weight is 408 g/mol. The van der Waals surface area contributed by atoms with Gasteiger partial charge in [-0.15, -0.1) is 11.8 Å². The predicted molar refractivity (Wildman–Crippen MR) is 105 cm³/mol. The van der Waals surface area contributed by atoms with Crippen molar-refractivity contribution in [2.75, 3.05) is 19.5 Å². The Labute approximate surface area is 165 Å². The number of nitrogens with one attached hydrogen (secondary N) is 1. The fraction of sp³-hybridized carbons (Fsp3) is 0.263. The first kappa shape index (κ1) is 19.4. The van der Waals surface area contributed by atoms with Crippen LogP contribution in [0.4, 0.5) is 5.69 Å². The van der Waals surface area contributed by atoms with Gasteiger partial charge in [-0.3, -0.25) is 9.59 Å². The van der Waals surface area contributed by atoms with Crippen molar-refractivity contribution in [3.05, 3.63) is 52.5 Å². The lowest BCUT2D eigenvalue weighted by atomic mass is 10.0. The predicted octanol–water partition coefficient (Wildman–Crippen LogP) is 3.98. The van der Waals surface area contributed by atoms with E-state index in [0.29, 0.717) is 22.2 Å². The number of ether oxygens (including phenoxy) is 2. The second kappa shape index (κ2) is 8.10. The zero-order valence-electron chi connectivity index (χ0n) is 14.7. The number of carbonyl (C=O) groups excluding carboxylic acids is 1. The molecule has 2 aromatic carbocycles. The van der Waals surface area contributed by atoms with Crippen molar-refractivity contribution in [3.8, 4) is 11.5 Å². The molecule has 3 rings (SSSR count). The first-order valence-corrected chi connectivity index (χ1v) is 9.45. The van der Waals surface area contributed by atoms with Gasteiger partial charge in [0.1, 0.15) is 0 Å². The van der Waals surface area contributed by atoms with E-state index in [1.54, 1.807) is 38.5 Å². The van der Waals surface area contributed by atoms with Crippen molar-refractivity contribution >= 4 is 40.9 Å². The molecule has 0 bridgehead atoms. The lowest BCUT2D eigenvalue weighted by Crippen LogP contribution is -2.26. The van der Waals surface area contributed by atoms with E-state index < -0.39 is 11.2 Å². The molecule has 8 heteroatoms. The number of amides is 1. The highest BCUT2D eigenvalue weighted by molar-refractivity contribution is 8.01. The Kier molecular flexibility index (Phi) is 5.82. The SMILES string of the molecule is COc1cccc([C@@H]2S[C@@H](CC(=O)O)C(=O)Nc3ccc(Cl)cc32)c1OC. The Morgan fingerprint density at radius 1 is 1.22 bits per heavy atom. The third-order valence-electron chi connectivity index (χ3n) is 4.22. The van der Waals surface area contributed by atoms with Crippen LogP contribution in [0.2, 0.25) is 5.02 Å². The molecule has 1 amide bonds. The van der Waals surface area contributed by atoms with Crippen LogP contribution in [0.3, 0.4) is 0 Å². The number of thioether (sulfide) groups is 1. The van der Waals surface area contributed by atoms with E-state index in [1.807, 2.05) is 12.1 Å². The van der Waals surface area contributed by atoms with Crippen LogP contribution in [0.1, 0.15) is 22.8 Å². The molecule has 2 N–H and O–H groups in total. The molecule has 1 heterocycles. The second-order valence-corrected chi connectivity index (χ2v) is 7.66. The number of hydrogen-bond donors (Lipinski definition) is 2. The van der Waals surface area contributed by atoms with E-state index in [0.717, 1.165) is 11.1 Å².